The highest BCUT2D eigenvalue weighted by Gasteiger charge is 2.51. The minimum Gasteiger partial charge on any atom is -0.351 e. The summed E-state index contributed by atoms with van der Waals surface area (Å²) in [7, 11) is -3.40. The number of amides is 1. The van der Waals surface area contributed by atoms with E-state index in [2.05, 4.69) is 5.32 Å². The number of benzene rings is 1. The second-order valence-corrected chi connectivity index (χ2v) is 11.9. The van der Waals surface area contributed by atoms with Gasteiger partial charge < -0.3 is 5.32 Å². The van der Waals surface area contributed by atoms with E-state index in [1.165, 1.54) is 33.4 Å². The molecule has 0 aromatic heterocycles. The van der Waals surface area contributed by atoms with Gasteiger partial charge in [0.05, 0.1) is 10.5 Å². The van der Waals surface area contributed by atoms with Gasteiger partial charge in [0, 0.05) is 13.1 Å². The smallest absolute Gasteiger partial charge is 0.351 e. The number of hydrogen-bond donors (Lipinski definition) is 1. The summed E-state index contributed by atoms with van der Waals surface area (Å²) in [4.78, 5) is 12.4. The fourth-order valence-electron chi connectivity index (χ4n) is 6.01. The monoisotopic (exact) mass is 458 g/mol. The molecule has 31 heavy (non-hydrogen) atoms. The van der Waals surface area contributed by atoms with Crippen LogP contribution in [-0.4, -0.2) is 37.3 Å². The Morgan fingerprint density at radius 1 is 1.00 bits per heavy atom. The Balaban J connectivity index is 1.56. The molecule has 0 radical (unpaired) electrons. The number of hydrogen-bond acceptors (Lipinski definition) is 3. The molecule has 4 aliphatic carbocycles. The molecule has 9 heteroatoms. The molecule has 0 spiro atoms. The Hall–Kier alpha value is -1.61. The molecule has 0 saturated heterocycles. The Morgan fingerprint density at radius 3 is 2.03 bits per heavy atom. The minimum atomic E-state index is -4.82. The zero-order chi connectivity index (χ0) is 22.8. The van der Waals surface area contributed by atoms with E-state index in [0.717, 1.165) is 60.0 Å². The number of carbonyl (C=O) groups excluding carboxylic acids is 1. The summed E-state index contributed by atoms with van der Waals surface area (Å²) < 4.78 is 67.3. The average molecular weight is 459 g/mol. The van der Waals surface area contributed by atoms with Crippen LogP contribution >= 0.6 is 0 Å². The first-order chi connectivity index (χ1) is 14.3. The molecule has 0 unspecified atom stereocenters. The zero-order valence-electron chi connectivity index (χ0n) is 17.9. The van der Waals surface area contributed by atoms with Gasteiger partial charge in [-0.3, -0.25) is 4.79 Å². The lowest BCUT2D eigenvalue weighted by Crippen LogP contribution is -2.62. The number of sulfonamides is 1. The lowest BCUT2D eigenvalue weighted by molar-refractivity contribution is -0.139. The number of alkyl halides is 3. The highest BCUT2D eigenvalue weighted by molar-refractivity contribution is 7.89. The summed E-state index contributed by atoms with van der Waals surface area (Å²) in [5.74, 6) is 1.80. The van der Waals surface area contributed by atoms with Crippen molar-refractivity contribution in [2.45, 2.75) is 68.6 Å². The van der Waals surface area contributed by atoms with Gasteiger partial charge in [-0.15, -0.1) is 0 Å². The second-order valence-electron chi connectivity index (χ2n) is 9.96. The van der Waals surface area contributed by atoms with E-state index >= 15 is 0 Å². The summed E-state index contributed by atoms with van der Waals surface area (Å²) in [5, 5.41) is 3.08. The van der Waals surface area contributed by atoms with Crippen molar-refractivity contribution in [2.24, 2.45) is 23.7 Å². The molecule has 0 aliphatic heterocycles. The Labute approximate surface area is 181 Å². The Morgan fingerprint density at radius 2 is 1.52 bits per heavy atom. The number of carbonyl (C=O) groups is 1. The highest BCUT2D eigenvalue weighted by atomic mass is 32.2. The molecule has 4 fully saturated rings. The molecular weight excluding hydrogens is 429 g/mol. The summed E-state index contributed by atoms with van der Waals surface area (Å²) in [6, 6.07) is 4.07. The highest BCUT2D eigenvalue weighted by Crippen LogP contribution is 2.53. The van der Waals surface area contributed by atoms with Crippen LogP contribution in [0.3, 0.4) is 0 Å². The number of nitrogens with zero attached hydrogens (tertiary/aromatic N) is 1. The first-order valence-corrected chi connectivity index (χ1v) is 12.2. The van der Waals surface area contributed by atoms with Crippen LogP contribution < -0.4 is 5.32 Å². The van der Waals surface area contributed by atoms with Gasteiger partial charge in [0.15, 0.2) is 0 Å². The fraction of sp³-hybridized carbons (Fsp3) is 0.682. The van der Waals surface area contributed by atoms with Gasteiger partial charge in [-0.05, 0) is 81.8 Å². The molecule has 172 valence electrons. The van der Waals surface area contributed by atoms with E-state index in [4.69, 9.17) is 0 Å². The van der Waals surface area contributed by atoms with Crippen LogP contribution in [-0.2, 0) is 21.0 Å². The molecule has 1 N–H and O–H groups in total. The Kier molecular flexibility index (Phi) is 5.44. The van der Waals surface area contributed by atoms with E-state index in [1.807, 2.05) is 0 Å². The summed E-state index contributed by atoms with van der Waals surface area (Å²) in [6.07, 6.45) is 0.809. The third-order valence-electron chi connectivity index (χ3n) is 7.70. The molecule has 1 aromatic carbocycles. The topological polar surface area (TPSA) is 66.5 Å². The van der Waals surface area contributed by atoms with Gasteiger partial charge in [-0.1, -0.05) is 12.1 Å². The van der Waals surface area contributed by atoms with Crippen molar-refractivity contribution in [3.8, 4) is 0 Å². The van der Waals surface area contributed by atoms with E-state index in [0.29, 0.717) is 11.8 Å². The molecule has 0 atom stereocenters. The largest absolute Gasteiger partial charge is 0.417 e. The van der Waals surface area contributed by atoms with Crippen LogP contribution in [0.15, 0.2) is 29.2 Å². The van der Waals surface area contributed by atoms with Crippen LogP contribution in [0.5, 0.6) is 0 Å². The van der Waals surface area contributed by atoms with Crippen LogP contribution in [0.2, 0.25) is 0 Å². The van der Waals surface area contributed by atoms with Gasteiger partial charge in [0.2, 0.25) is 15.9 Å². The normalized spacial score (nSPS) is 30.6. The van der Waals surface area contributed by atoms with Crippen LogP contribution in [0, 0.1) is 23.7 Å². The molecule has 4 saturated carbocycles. The van der Waals surface area contributed by atoms with Crippen molar-refractivity contribution < 1.29 is 26.4 Å². The van der Waals surface area contributed by atoms with Crippen LogP contribution in [0.25, 0.3) is 0 Å². The lowest BCUT2D eigenvalue weighted by atomic mass is 9.54. The van der Waals surface area contributed by atoms with Gasteiger partial charge in [-0.2, -0.15) is 17.5 Å². The number of halogens is 3. The zero-order valence-corrected chi connectivity index (χ0v) is 18.8. The average Bonchev–Trinajstić information content (AvgIpc) is 2.68. The number of rotatable bonds is 5. The molecular formula is C22H29F3N2O3S. The first-order valence-electron chi connectivity index (χ1n) is 10.8. The van der Waals surface area contributed by atoms with Crippen molar-refractivity contribution >= 4 is 15.9 Å². The van der Waals surface area contributed by atoms with E-state index < -0.39 is 38.1 Å². The SMILES string of the molecule is CN(C(C)(C)C(=O)NC1C2CC3CC(C2)CC1C3)S(=O)(=O)c1ccccc1C(F)(F)F. The van der Waals surface area contributed by atoms with Crippen molar-refractivity contribution in [3.63, 3.8) is 0 Å². The van der Waals surface area contributed by atoms with Crippen molar-refractivity contribution in [1.82, 2.24) is 9.62 Å². The molecule has 5 nitrogen and oxygen atoms in total. The van der Waals surface area contributed by atoms with E-state index in [9.17, 15) is 26.4 Å². The lowest BCUT2D eigenvalue weighted by Gasteiger charge is -2.54. The number of likely N-dealkylation sites (N-methyl/N-ethyl adjacent to an activating group) is 1. The maximum Gasteiger partial charge on any atom is 0.417 e. The van der Waals surface area contributed by atoms with Gasteiger partial charge in [0.1, 0.15) is 5.54 Å². The molecule has 4 bridgehead atoms. The van der Waals surface area contributed by atoms with Gasteiger partial charge in [-0.25, -0.2) is 8.42 Å². The van der Waals surface area contributed by atoms with Crippen LogP contribution in [0.4, 0.5) is 13.2 Å². The molecule has 5 rings (SSSR count). The molecule has 1 amide bonds. The first kappa shape index (κ1) is 22.6. The predicted molar refractivity (Wildman–Crippen MR) is 109 cm³/mol. The predicted octanol–water partition coefficient (Wildman–Crippen LogP) is 4.05. The van der Waals surface area contributed by atoms with Crippen molar-refractivity contribution in [3.05, 3.63) is 29.8 Å². The van der Waals surface area contributed by atoms with Gasteiger partial charge in [0.25, 0.3) is 0 Å². The number of nitrogens with one attached hydrogen (secondary N) is 1. The van der Waals surface area contributed by atoms with Crippen LogP contribution in [0.1, 0.15) is 51.5 Å². The maximum absolute atomic E-state index is 13.4. The second kappa shape index (κ2) is 7.47. The summed E-state index contributed by atoms with van der Waals surface area (Å²) >= 11 is 0. The third-order valence-corrected chi connectivity index (χ3v) is 9.79. The maximum atomic E-state index is 13.4. The minimum absolute atomic E-state index is 0.0122. The molecule has 1 aromatic rings. The molecule has 4 aliphatic rings. The summed E-state index contributed by atoms with van der Waals surface area (Å²) in [6.45, 7) is 2.87. The van der Waals surface area contributed by atoms with Gasteiger partial charge >= 0.3 is 6.18 Å². The summed E-state index contributed by atoms with van der Waals surface area (Å²) in [5.41, 5.74) is -2.79. The fourth-order valence-corrected chi connectivity index (χ4v) is 7.70. The molecule has 0 heterocycles. The third kappa shape index (κ3) is 3.88. The van der Waals surface area contributed by atoms with E-state index in [-0.39, 0.29) is 6.04 Å². The van der Waals surface area contributed by atoms with Crippen molar-refractivity contribution in [2.75, 3.05) is 7.05 Å². The standard InChI is InChI=1S/C22H29F3N2O3S/c1-21(2,20(28)26-19-15-9-13-8-14(11-15)12-16(19)10-13)27(3)31(29,30)18-7-5-4-6-17(18)22(23,24)25/h4-7,13-16,19H,8-12H2,1-3H3,(H,26,28). The van der Waals surface area contributed by atoms with Crippen molar-refractivity contribution in [1.29, 1.82) is 0 Å². The quantitative estimate of drug-likeness (QED) is 0.724. The van der Waals surface area contributed by atoms with E-state index in [1.54, 1.807) is 0 Å². The Bertz CT molecular complexity index is 946.